The molecule has 16 heavy (non-hydrogen) atoms. The Balaban J connectivity index is 1.92. The van der Waals surface area contributed by atoms with Crippen molar-refractivity contribution < 1.29 is 4.74 Å². The first-order chi connectivity index (χ1) is 7.83. The SMILES string of the molecule is CCOCc1nc(N2CCC(CC)C2)n[nH]1. The Morgan fingerprint density at radius 1 is 1.50 bits per heavy atom. The van der Waals surface area contributed by atoms with Crippen LogP contribution in [-0.4, -0.2) is 34.9 Å². The molecule has 1 aliphatic rings. The molecule has 2 rings (SSSR count). The Bertz CT molecular complexity index is 326. The van der Waals surface area contributed by atoms with Gasteiger partial charge in [0.1, 0.15) is 6.61 Å². The second-order valence-electron chi connectivity index (χ2n) is 4.23. The molecule has 0 aliphatic carbocycles. The molecule has 0 saturated carbocycles. The van der Waals surface area contributed by atoms with Gasteiger partial charge in [0.05, 0.1) is 0 Å². The molecule has 0 radical (unpaired) electrons. The molecule has 0 spiro atoms. The lowest BCUT2D eigenvalue weighted by molar-refractivity contribution is 0.128. The van der Waals surface area contributed by atoms with Crippen LogP contribution in [0.25, 0.3) is 0 Å². The monoisotopic (exact) mass is 224 g/mol. The molecule has 1 atom stereocenters. The van der Waals surface area contributed by atoms with Crippen LogP contribution in [0.3, 0.4) is 0 Å². The highest BCUT2D eigenvalue weighted by Gasteiger charge is 2.23. The highest BCUT2D eigenvalue weighted by Crippen LogP contribution is 2.22. The minimum absolute atomic E-state index is 0.522. The first-order valence-corrected chi connectivity index (χ1v) is 6.07. The first-order valence-electron chi connectivity index (χ1n) is 6.07. The average Bonchev–Trinajstić information content (AvgIpc) is 2.94. The van der Waals surface area contributed by atoms with Gasteiger partial charge in [0.25, 0.3) is 0 Å². The van der Waals surface area contributed by atoms with Crippen LogP contribution in [0, 0.1) is 5.92 Å². The molecule has 5 heteroatoms. The number of hydrogen-bond donors (Lipinski definition) is 1. The topological polar surface area (TPSA) is 54.0 Å². The Kier molecular flexibility index (Phi) is 3.77. The third-order valence-electron chi connectivity index (χ3n) is 3.11. The molecule has 1 aliphatic heterocycles. The summed E-state index contributed by atoms with van der Waals surface area (Å²) in [5.74, 6) is 2.44. The molecular formula is C11H20N4O. The quantitative estimate of drug-likeness (QED) is 0.825. The number of nitrogens with zero attached hydrogens (tertiary/aromatic N) is 3. The van der Waals surface area contributed by atoms with Crippen LogP contribution < -0.4 is 4.90 Å². The summed E-state index contributed by atoms with van der Waals surface area (Å²) in [7, 11) is 0. The van der Waals surface area contributed by atoms with E-state index in [1.807, 2.05) is 6.92 Å². The maximum Gasteiger partial charge on any atom is 0.244 e. The van der Waals surface area contributed by atoms with Crippen molar-refractivity contribution in [3.8, 4) is 0 Å². The van der Waals surface area contributed by atoms with Gasteiger partial charge < -0.3 is 9.64 Å². The summed E-state index contributed by atoms with van der Waals surface area (Å²) in [6.45, 7) is 7.61. The van der Waals surface area contributed by atoms with Crippen molar-refractivity contribution in [1.82, 2.24) is 15.2 Å². The van der Waals surface area contributed by atoms with Crippen LogP contribution in [0.2, 0.25) is 0 Å². The number of nitrogens with one attached hydrogen (secondary N) is 1. The van der Waals surface area contributed by atoms with Crippen LogP contribution in [-0.2, 0) is 11.3 Å². The average molecular weight is 224 g/mol. The highest BCUT2D eigenvalue weighted by molar-refractivity contribution is 5.30. The molecule has 1 N–H and O–H groups in total. The fourth-order valence-electron chi connectivity index (χ4n) is 2.04. The number of aromatic amines is 1. The van der Waals surface area contributed by atoms with Crippen molar-refractivity contribution in [2.75, 3.05) is 24.6 Å². The first kappa shape index (κ1) is 11.4. The molecule has 90 valence electrons. The number of H-pyrrole nitrogens is 1. The van der Waals surface area contributed by atoms with E-state index < -0.39 is 0 Å². The van der Waals surface area contributed by atoms with Gasteiger partial charge >= 0.3 is 0 Å². The van der Waals surface area contributed by atoms with Gasteiger partial charge in [-0.15, -0.1) is 5.10 Å². The predicted molar refractivity (Wildman–Crippen MR) is 62.3 cm³/mol. The van der Waals surface area contributed by atoms with Crippen LogP contribution in [0.4, 0.5) is 5.95 Å². The number of anilines is 1. The minimum atomic E-state index is 0.522. The van der Waals surface area contributed by atoms with E-state index in [1.54, 1.807) is 0 Å². The van der Waals surface area contributed by atoms with Crippen LogP contribution >= 0.6 is 0 Å². The van der Waals surface area contributed by atoms with Gasteiger partial charge in [0.15, 0.2) is 5.82 Å². The zero-order chi connectivity index (χ0) is 11.4. The highest BCUT2D eigenvalue weighted by atomic mass is 16.5. The summed E-state index contributed by atoms with van der Waals surface area (Å²) in [6, 6.07) is 0. The third-order valence-corrected chi connectivity index (χ3v) is 3.11. The summed E-state index contributed by atoms with van der Waals surface area (Å²) in [4.78, 5) is 6.68. The fraction of sp³-hybridized carbons (Fsp3) is 0.818. The molecule has 2 heterocycles. The van der Waals surface area contributed by atoms with Gasteiger partial charge in [-0.05, 0) is 19.3 Å². The Morgan fingerprint density at radius 3 is 3.06 bits per heavy atom. The summed E-state index contributed by atoms with van der Waals surface area (Å²) in [5, 5.41) is 7.15. The van der Waals surface area contributed by atoms with Crippen LogP contribution in [0.1, 0.15) is 32.5 Å². The van der Waals surface area contributed by atoms with Gasteiger partial charge in [-0.25, -0.2) is 0 Å². The molecule has 1 unspecified atom stereocenters. The summed E-state index contributed by atoms with van der Waals surface area (Å²) >= 11 is 0. The molecule has 1 saturated heterocycles. The second kappa shape index (κ2) is 5.30. The van der Waals surface area contributed by atoms with E-state index in [-0.39, 0.29) is 0 Å². The normalized spacial score (nSPS) is 20.6. The standard InChI is InChI=1S/C11H20N4O/c1-3-9-5-6-15(7-9)11-12-10(13-14-11)8-16-4-2/h9H,3-8H2,1-2H3,(H,12,13,14). The fourth-order valence-corrected chi connectivity index (χ4v) is 2.04. The lowest BCUT2D eigenvalue weighted by atomic mass is 10.1. The van der Waals surface area contributed by atoms with Crippen molar-refractivity contribution in [3.63, 3.8) is 0 Å². The van der Waals surface area contributed by atoms with E-state index in [0.717, 1.165) is 30.8 Å². The van der Waals surface area contributed by atoms with Gasteiger partial charge in [0, 0.05) is 19.7 Å². The number of hydrogen-bond acceptors (Lipinski definition) is 4. The molecule has 1 aromatic rings. The zero-order valence-electron chi connectivity index (χ0n) is 10.1. The largest absolute Gasteiger partial charge is 0.374 e. The van der Waals surface area contributed by atoms with Crippen molar-refractivity contribution in [1.29, 1.82) is 0 Å². The van der Waals surface area contributed by atoms with Gasteiger partial charge in [-0.3, -0.25) is 5.10 Å². The number of ether oxygens (including phenoxy) is 1. The summed E-state index contributed by atoms with van der Waals surface area (Å²) in [6.07, 6.45) is 2.50. The summed E-state index contributed by atoms with van der Waals surface area (Å²) < 4.78 is 5.29. The van der Waals surface area contributed by atoms with E-state index in [2.05, 4.69) is 27.0 Å². The van der Waals surface area contributed by atoms with Crippen molar-refractivity contribution in [3.05, 3.63) is 5.82 Å². The number of aromatic nitrogens is 3. The Hall–Kier alpha value is -1.10. The van der Waals surface area contributed by atoms with E-state index in [9.17, 15) is 0 Å². The van der Waals surface area contributed by atoms with Gasteiger partial charge in [-0.1, -0.05) is 13.3 Å². The van der Waals surface area contributed by atoms with E-state index >= 15 is 0 Å². The lowest BCUT2D eigenvalue weighted by Crippen LogP contribution is -2.20. The van der Waals surface area contributed by atoms with Gasteiger partial charge in [-0.2, -0.15) is 4.98 Å². The molecule has 0 aromatic carbocycles. The Labute approximate surface area is 96.2 Å². The van der Waals surface area contributed by atoms with Crippen LogP contribution in [0.5, 0.6) is 0 Å². The summed E-state index contributed by atoms with van der Waals surface area (Å²) in [5.41, 5.74) is 0. The number of rotatable bonds is 5. The second-order valence-corrected chi connectivity index (χ2v) is 4.23. The molecule has 1 fully saturated rings. The molecular weight excluding hydrogens is 204 g/mol. The van der Waals surface area contributed by atoms with Crippen LogP contribution in [0.15, 0.2) is 0 Å². The minimum Gasteiger partial charge on any atom is -0.374 e. The van der Waals surface area contributed by atoms with Crippen molar-refractivity contribution >= 4 is 5.95 Å². The lowest BCUT2D eigenvalue weighted by Gasteiger charge is -2.12. The zero-order valence-corrected chi connectivity index (χ0v) is 10.1. The smallest absolute Gasteiger partial charge is 0.244 e. The van der Waals surface area contributed by atoms with Crippen molar-refractivity contribution in [2.45, 2.75) is 33.3 Å². The van der Waals surface area contributed by atoms with Gasteiger partial charge in [0.2, 0.25) is 5.95 Å². The van der Waals surface area contributed by atoms with E-state index in [4.69, 9.17) is 4.74 Å². The third kappa shape index (κ3) is 2.52. The maximum atomic E-state index is 5.29. The van der Waals surface area contributed by atoms with E-state index in [1.165, 1.54) is 12.8 Å². The van der Waals surface area contributed by atoms with E-state index in [0.29, 0.717) is 13.2 Å². The van der Waals surface area contributed by atoms with Crippen molar-refractivity contribution in [2.24, 2.45) is 5.92 Å². The molecule has 0 amide bonds. The molecule has 1 aromatic heterocycles. The Morgan fingerprint density at radius 2 is 2.38 bits per heavy atom. The molecule has 0 bridgehead atoms. The molecule has 5 nitrogen and oxygen atoms in total. The predicted octanol–water partition coefficient (Wildman–Crippen LogP) is 1.58. The maximum absolute atomic E-state index is 5.29.